The van der Waals surface area contributed by atoms with E-state index in [4.69, 9.17) is 37.9 Å². The second-order valence-corrected chi connectivity index (χ2v) is 38.7. The van der Waals surface area contributed by atoms with Gasteiger partial charge in [-0.25, -0.2) is 0 Å². The Hall–Kier alpha value is -13.1. The summed E-state index contributed by atoms with van der Waals surface area (Å²) in [6, 6.07) is 0. The number of hydrogen-bond acceptors (Lipinski definition) is 36. The fourth-order valence-corrected chi connectivity index (χ4v) is 18.2. The van der Waals surface area contributed by atoms with Gasteiger partial charge in [0.05, 0.1) is 117 Å². The number of benzene rings is 3. The maximum Gasteiger partial charge on any atom is 0.312 e. The number of hydrazone groups is 2. The highest BCUT2D eigenvalue weighted by Gasteiger charge is 2.54. The normalized spacial score (nSPS) is 28.7. The summed E-state index contributed by atoms with van der Waals surface area (Å²) < 4.78 is 47.3. The molecule has 782 valence electrons. The molecule has 2 fully saturated rings. The summed E-state index contributed by atoms with van der Waals surface area (Å²) in [5, 5.41) is 111. The highest BCUT2D eigenvalue weighted by molar-refractivity contribution is 6.38. The fourth-order valence-electron chi connectivity index (χ4n) is 18.2. The molecule has 38 nitrogen and oxygen atoms in total. The minimum atomic E-state index is -2.09. The van der Waals surface area contributed by atoms with E-state index in [-0.39, 0.29) is 142 Å². The predicted octanol–water partition coefficient (Wildman–Crippen LogP) is 10.1. The van der Waals surface area contributed by atoms with Gasteiger partial charge in [0.15, 0.2) is 11.5 Å². The topological polar surface area (TPSA) is 536 Å². The number of nitrogens with zero attached hydrogens (tertiary/aromatic N) is 6. The minimum Gasteiger partial charge on any atom is -0.507 e. The summed E-state index contributed by atoms with van der Waals surface area (Å²) in [7, 11) is 0. The van der Waals surface area contributed by atoms with Crippen LogP contribution in [0.2, 0.25) is 0 Å². The summed E-state index contributed by atoms with van der Waals surface area (Å²) in [5.74, 6) is -20.0. The lowest BCUT2D eigenvalue weighted by Gasteiger charge is -2.37. The largest absolute Gasteiger partial charge is 0.507 e. The van der Waals surface area contributed by atoms with Crippen LogP contribution in [-0.4, -0.2) is 284 Å². The molecule has 144 heavy (non-hydrogen) atoms. The molecule has 0 aromatic heterocycles. The number of carbonyl (C=O) groups is 14. The number of phenols is 4. The van der Waals surface area contributed by atoms with Gasteiger partial charge in [0.1, 0.15) is 96.6 Å². The fraction of sp³-hybridized carbons (Fsp3) is 0.528. The second-order valence-electron chi connectivity index (χ2n) is 38.7. The molecule has 8 heterocycles. The Bertz CT molecular complexity index is 5670. The number of carbonyl (C=O) groups excluding carboxylic acids is 14. The Morgan fingerprint density at radius 3 is 1.31 bits per heavy atom. The molecule has 12 rings (SSSR count). The molecule has 2 amide bonds. The Morgan fingerprint density at radius 2 is 0.882 bits per heavy atom. The first-order valence-electron chi connectivity index (χ1n) is 48.5. The lowest BCUT2D eigenvalue weighted by Crippen LogP contribution is -2.45. The number of aldehydes is 4. The van der Waals surface area contributed by atoms with Crippen molar-refractivity contribution in [1.82, 2.24) is 25.1 Å². The Balaban J connectivity index is 0.000000321. The third kappa shape index (κ3) is 27.1. The summed E-state index contributed by atoms with van der Waals surface area (Å²) in [4.78, 5) is 183. The maximum absolute atomic E-state index is 14.9. The highest BCUT2D eigenvalue weighted by atomic mass is 16.7. The molecule has 9 aliphatic rings. The summed E-state index contributed by atoms with van der Waals surface area (Å²) in [6.45, 7) is 41.7. The van der Waals surface area contributed by atoms with E-state index >= 15 is 0 Å². The number of ether oxygens (including phenoxy) is 8. The zero-order chi connectivity index (χ0) is 107. The zero-order valence-corrected chi connectivity index (χ0v) is 85.0. The molecule has 1 aliphatic carbocycles. The SMILES string of the molecule is C=C(CCC(=O)CC(C=O)C=O)OCCN1CCN(/N=C\C2=C3NC(=O)/C(C)=C\C=C\[C@H](C)[C@H](O)[C@@H](C)[C@@H](O)[C@@H](C)[C@H](OC(C)=O)[C@H](C)[C@@H](C)/C=C/O[C@@]4(C)Oc5c(C)c(O)c(c(c5C4=O)C2=O)C3=O)CC1.C=C(CCC(=O)CC(C=O)C=O)OCCN1CCN(/N=C\c2c3c(O)c4c(O)c(C)c5c(c4c2O)C(=O)[C@@](C)(O/C=C/[C@H](C)[C@@H](C)[C@@H](OC(C)=O)[C@H](C)[C@H](O)[C@H](C)[C@@H](O)[C@@H](C)/C=C/C=C(/C)C(=O)N3)O5)CC1. The van der Waals surface area contributed by atoms with Crippen LogP contribution in [0, 0.1) is 84.9 Å². The van der Waals surface area contributed by atoms with Crippen LogP contribution in [0.15, 0.2) is 118 Å². The smallest absolute Gasteiger partial charge is 0.312 e. The molecule has 10 bridgehead atoms. The molecular formula is C106H138N8O30. The third-order valence-corrected chi connectivity index (χ3v) is 28.1. The first kappa shape index (κ1) is 114. The van der Waals surface area contributed by atoms with Gasteiger partial charge in [0.25, 0.3) is 23.4 Å². The molecule has 0 unspecified atom stereocenters. The van der Waals surface area contributed by atoms with Crippen LogP contribution in [-0.2, 0) is 76.4 Å². The maximum atomic E-state index is 14.9. The van der Waals surface area contributed by atoms with E-state index < -0.39 is 200 Å². The first-order chi connectivity index (χ1) is 67.9. The van der Waals surface area contributed by atoms with Gasteiger partial charge in [-0.15, -0.1) is 0 Å². The number of aliphatic hydroxyl groups is 4. The number of anilines is 1. The van der Waals surface area contributed by atoms with Crippen molar-refractivity contribution in [1.29, 1.82) is 0 Å². The predicted molar refractivity (Wildman–Crippen MR) is 530 cm³/mol. The molecule has 10 N–H and O–H groups in total. The van der Waals surface area contributed by atoms with Crippen molar-refractivity contribution in [2.45, 2.75) is 211 Å². The number of fused-ring (bicyclic) bond motifs is 28. The average molecular weight is 2000 g/mol. The molecule has 3 aromatic carbocycles. The number of esters is 2. The number of Topliss-reactive ketones (excluding diaryl/α,β-unsaturated/α-hetero) is 6. The number of aliphatic hydroxyl groups excluding tert-OH is 4. The number of amides is 2. The van der Waals surface area contributed by atoms with Crippen molar-refractivity contribution in [3.05, 3.63) is 147 Å². The molecule has 38 heteroatoms. The van der Waals surface area contributed by atoms with E-state index in [9.17, 15) is 108 Å². The summed E-state index contributed by atoms with van der Waals surface area (Å²) in [6.07, 6.45) is 13.6. The standard InChI is InChI=1S/C53H70N4O15.C53H68N4O15/c2*1-28-16-22-70-53(10)51(67)42-40-41(46(64)35(8)50(42)72-53)48(66)43(55-52(68)30(3)13-11-12-29(2)44(62)33(6)45(63)34(7)49(32(28)5)71-36(9)60)39(47(40)65)25-54-57-19-17-56(18-20-57)21-23-69-31(4)14-15-38(61)24-37(26-58)27-59/h11-13,16,22,25-29,32-34,37,44-45,49,62-66H,4,14-15,17-21,23-24H2,1-3,5-10H3,(H,55,68);11-13,16,22,25-29,32-34,37,44-45,49,62-64H,4,14-15,17-21,23-24H2,1-3,5-10H3,(H,55,68)/b2*12-11+,22-16+,30-13-,54-25-/t2*28-,29-,32+,33+,34+,44-,45+,49+,53-/m00/s1. The van der Waals surface area contributed by atoms with Crippen molar-refractivity contribution in [2.24, 2.45) is 81.2 Å². The number of hydrogen-bond donors (Lipinski definition) is 10. The number of allylic oxidation sites excluding steroid dienone is 10. The molecule has 0 spiro atoms. The molecule has 2 saturated heterocycles. The number of nitrogens with one attached hydrogen (secondary N) is 2. The van der Waals surface area contributed by atoms with Gasteiger partial charge in [-0.3, -0.25) is 67.8 Å². The number of rotatable bonds is 28. The Kier molecular flexibility index (Phi) is 40.0. The van der Waals surface area contributed by atoms with Gasteiger partial charge < -0.3 is 109 Å². The molecule has 0 radical (unpaired) electrons. The van der Waals surface area contributed by atoms with Crippen molar-refractivity contribution in [3.63, 3.8) is 0 Å². The Labute approximate surface area is 837 Å². The van der Waals surface area contributed by atoms with Gasteiger partial charge in [-0.05, 0) is 63.5 Å². The van der Waals surface area contributed by atoms with Crippen LogP contribution in [0.25, 0.3) is 10.8 Å². The number of ketones is 6. The zero-order valence-electron chi connectivity index (χ0n) is 85.0. The van der Waals surface area contributed by atoms with E-state index in [2.05, 4.69) is 43.8 Å². The van der Waals surface area contributed by atoms with Crippen molar-refractivity contribution >= 4 is 112 Å². The molecule has 3 aromatic rings. The van der Waals surface area contributed by atoms with Gasteiger partial charge in [-0.1, -0.05) is 119 Å². The minimum absolute atomic E-state index is 0.0316. The highest BCUT2D eigenvalue weighted by Crippen LogP contribution is 2.56. The molecule has 0 saturated carbocycles. The Morgan fingerprint density at radius 1 is 0.479 bits per heavy atom. The first-order valence-corrected chi connectivity index (χ1v) is 48.5. The third-order valence-electron chi connectivity index (χ3n) is 28.1. The second kappa shape index (κ2) is 50.4. The lowest BCUT2D eigenvalue weighted by atomic mass is 9.77. The van der Waals surface area contributed by atoms with Gasteiger partial charge in [0.2, 0.25) is 5.78 Å². The van der Waals surface area contributed by atoms with E-state index in [0.717, 1.165) is 6.21 Å². The van der Waals surface area contributed by atoms with Crippen molar-refractivity contribution in [2.75, 3.05) is 84.0 Å². The van der Waals surface area contributed by atoms with Crippen LogP contribution >= 0.6 is 0 Å². The van der Waals surface area contributed by atoms with Gasteiger partial charge in [-0.2, -0.15) is 10.2 Å². The van der Waals surface area contributed by atoms with E-state index in [1.807, 2.05) is 27.7 Å². The van der Waals surface area contributed by atoms with Crippen LogP contribution in [0.4, 0.5) is 5.69 Å². The quantitative estimate of drug-likeness (QED) is 0.00614. The van der Waals surface area contributed by atoms with E-state index in [0.29, 0.717) is 102 Å². The van der Waals surface area contributed by atoms with Crippen LogP contribution in [0.3, 0.4) is 0 Å². The number of phenolic OH excluding ortho intramolecular Hbond substituents is 4. The van der Waals surface area contributed by atoms with Crippen LogP contribution in [0.1, 0.15) is 207 Å². The lowest BCUT2D eigenvalue weighted by molar-refractivity contribution is -0.159. The molecule has 8 aliphatic heterocycles. The van der Waals surface area contributed by atoms with Gasteiger partial charge in [0, 0.05) is 195 Å². The monoisotopic (exact) mass is 2000 g/mol. The summed E-state index contributed by atoms with van der Waals surface area (Å²) in [5.41, 5.74) is -2.61. The molecular weight excluding hydrogens is 1870 g/mol. The number of aromatic hydroxyl groups is 4. The van der Waals surface area contributed by atoms with Crippen molar-refractivity contribution < 1.29 is 146 Å². The molecule has 18 atom stereocenters. The van der Waals surface area contributed by atoms with Crippen molar-refractivity contribution in [3.8, 4) is 34.5 Å². The van der Waals surface area contributed by atoms with Crippen LogP contribution < -0.4 is 20.1 Å². The van der Waals surface area contributed by atoms with Gasteiger partial charge >= 0.3 is 23.5 Å². The van der Waals surface area contributed by atoms with E-state index in [1.165, 1.54) is 86.3 Å². The summed E-state index contributed by atoms with van der Waals surface area (Å²) >= 11 is 0. The van der Waals surface area contributed by atoms with Crippen LogP contribution in [0.5, 0.6) is 34.5 Å². The number of piperazine rings is 2. The van der Waals surface area contributed by atoms with E-state index in [1.54, 1.807) is 88.0 Å². The average Bonchev–Trinajstić information content (AvgIpc) is 1.53.